The van der Waals surface area contributed by atoms with Gasteiger partial charge < -0.3 is 15.2 Å². The second-order valence-corrected chi connectivity index (χ2v) is 5.91. The van der Waals surface area contributed by atoms with E-state index in [0.29, 0.717) is 0 Å². The van der Waals surface area contributed by atoms with Crippen LogP contribution in [0.5, 0.6) is 5.75 Å². The standard InChI is InChI=1S/C16H21NO4/c1-8(2)14(16(19)20)17-15(18)12-7-21-13-6-10(4)9(3)5-11(12)13/h5-6,8,12,14H,7H2,1-4H3,(H,17,18)(H,19,20)/t12?,14-/m1/s1. The number of amides is 1. The molecule has 114 valence electrons. The fourth-order valence-electron chi connectivity index (χ4n) is 2.46. The fourth-order valence-corrected chi connectivity index (χ4v) is 2.46. The Balaban J connectivity index is 2.20. The van der Waals surface area contributed by atoms with Crippen molar-refractivity contribution >= 4 is 11.9 Å². The molecule has 0 saturated carbocycles. The van der Waals surface area contributed by atoms with E-state index in [2.05, 4.69) is 5.32 Å². The van der Waals surface area contributed by atoms with Crippen LogP contribution in [0.3, 0.4) is 0 Å². The van der Waals surface area contributed by atoms with Gasteiger partial charge in [-0.15, -0.1) is 0 Å². The summed E-state index contributed by atoms with van der Waals surface area (Å²) in [7, 11) is 0. The molecule has 0 aromatic heterocycles. The summed E-state index contributed by atoms with van der Waals surface area (Å²) >= 11 is 0. The number of nitrogens with one attached hydrogen (secondary N) is 1. The highest BCUT2D eigenvalue weighted by atomic mass is 16.5. The van der Waals surface area contributed by atoms with E-state index in [-0.39, 0.29) is 18.4 Å². The zero-order valence-corrected chi connectivity index (χ0v) is 12.8. The first-order valence-corrected chi connectivity index (χ1v) is 7.08. The van der Waals surface area contributed by atoms with Crippen molar-refractivity contribution < 1.29 is 19.4 Å². The molecule has 0 radical (unpaired) electrons. The number of fused-ring (bicyclic) bond motifs is 1. The summed E-state index contributed by atoms with van der Waals surface area (Å²) in [5, 5.41) is 11.8. The highest BCUT2D eigenvalue weighted by Gasteiger charge is 2.34. The largest absolute Gasteiger partial charge is 0.492 e. The van der Waals surface area contributed by atoms with Crippen LogP contribution in [0.25, 0.3) is 0 Å². The van der Waals surface area contributed by atoms with Crippen molar-refractivity contribution in [3.63, 3.8) is 0 Å². The molecule has 1 heterocycles. The Bertz CT molecular complexity index is 580. The maximum Gasteiger partial charge on any atom is 0.326 e. The first-order valence-electron chi connectivity index (χ1n) is 7.08. The van der Waals surface area contributed by atoms with Crippen molar-refractivity contribution in [3.05, 3.63) is 28.8 Å². The molecule has 5 heteroatoms. The molecule has 1 aromatic carbocycles. The van der Waals surface area contributed by atoms with E-state index in [4.69, 9.17) is 9.84 Å². The Hall–Kier alpha value is -2.04. The number of hydrogen-bond acceptors (Lipinski definition) is 3. The molecule has 0 spiro atoms. The van der Waals surface area contributed by atoms with E-state index in [1.54, 1.807) is 13.8 Å². The SMILES string of the molecule is Cc1cc2c(cc1C)C(C(=O)N[C@@H](C(=O)O)C(C)C)CO2. The molecular weight excluding hydrogens is 270 g/mol. The average Bonchev–Trinajstić information content (AvgIpc) is 2.78. The Kier molecular flexibility index (Phi) is 4.21. The summed E-state index contributed by atoms with van der Waals surface area (Å²) in [5.74, 6) is -1.21. The fraction of sp³-hybridized carbons (Fsp3) is 0.500. The maximum atomic E-state index is 12.4. The summed E-state index contributed by atoms with van der Waals surface area (Å²) < 4.78 is 5.56. The lowest BCUT2D eigenvalue weighted by molar-refractivity contribution is -0.143. The molecule has 0 fully saturated rings. The Morgan fingerprint density at radius 1 is 1.29 bits per heavy atom. The molecule has 1 amide bonds. The number of aliphatic carboxylic acids is 1. The zero-order valence-electron chi connectivity index (χ0n) is 12.8. The molecule has 2 N–H and O–H groups in total. The van der Waals surface area contributed by atoms with Gasteiger partial charge in [-0.1, -0.05) is 19.9 Å². The van der Waals surface area contributed by atoms with Gasteiger partial charge in [0, 0.05) is 5.56 Å². The van der Waals surface area contributed by atoms with Crippen LogP contribution in [-0.2, 0) is 9.59 Å². The number of rotatable bonds is 4. The zero-order chi connectivity index (χ0) is 15.7. The van der Waals surface area contributed by atoms with Crippen molar-refractivity contribution in [1.82, 2.24) is 5.32 Å². The van der Waals surface area contributed by atoms with Crippen LogP contribution in [0.2, 0.25) is 0 Å². The lowest BCUT2D eigenvalue weighted by Gasteiger charge is -2.20. The monoisotopic (exact) mass is 291 g/mol. The Morgan fingerprint density at radius 3 is 2.48 bits per heavy atom. The van der Waals surface area contributed by atoms with Crippen LogP contribution >= 0.6 is 0 Å². The van der Waals surface area contributed by atoms with Crippen molar-refractivity contribution in [2.24, 2.45) is 5.92 Å². The van der Waals surface area contributed by atoms with Crippen LogP contribution in [0.15, 0.2) is 12.1 Å². The number of hydrogen-bond donors (Lipinski definition) is 2. The van der Waals surface area contributed by atoms with E-state index < -0.39 is 17.9 Å². The van der Waals surface area contributed by atoms with Gasteiger partial charge in [0.05, 0.1) is 0 Å². The summed E-state index contributed by atoms with van der Waals surface area (Å²) in [4.78, 5) is 23.6. The van der Waals surface area contributed by atoms with Crippen LogP contribution in [-0.4, -0.2) is 29.6 Å². The number of benzene rings is 1. The van der Waals surface area contributed by atoms with Crippen LogP contribution in [0.4, 0.5) is 0 Å². The van der Waals surface area contributed by atoms with Crippen LogP contribution in [0, 0.1) is 19.8 Å². The van der Waals surface area contributed by atoms with E-state index in [9.17, 15) is 9.59 Å². The lowest BCUT2D eigenvalue weighted by atomic mass is 9.95. The highest BCUT2D eigenvalue weighted by Crippen LogP contribution is 2.36. The molecule has 1 aliphatic heterocycles. The van der Waals surface area contributed by atoms with Crippen molar-refractivity contribution in [2.75, 3.05) is 6.61 Å². The number of aryl methyl sites for hydroxylation is 2. The van der Waals surface area contributed by atoms with Crippen molar-refractivity contribution in [3.8, 4) is 5.75 Å². The van der Waals surface area contributed by atoms with Gasteiger partial charge in [0.15, 0.2) is 0 Å². The first kappa shape index (κ1) is 15.4. The number of carboxylic acid groups (broad SMARTS) is 1. The van der Waals surface area contributed by atoms with Gasteiger partial charge in [0.25, 0.3) is 0 Å². The first-order chi connectivity index (χ1) is 9.81. The predicted octanol–water partition coefficient (Wildman–Crippen LogP) is 2.00. The van der Waals surface area contributed by atoms with E-state index >= 15 is 0 Å². The average molecular weight is 291 g/mol. The van der Waals surface area contributed by atoms with Crippen molar-refractivity contribution in [2.45, 2.75) is 39.7 Å². The number of ether oxygens (including phenoxy) is 1. The molecule has 2 atom stereocenters. The summed E-state index contributed by atoms with van der Waals surface area (Å²) in [6, 6.07) is 3.00. The molecule has 1 aliphatic rings. The van der Waals surface area contributed by atoms with E-state index in [1.165, 1.54) is 0 Å². The minimum atomic E-state index is -1.02. The predicted molar refractivity (Wildman–Crippen MR) is 78.6 cm³/mol. The van der Waals surface area contributed by atoms with Gasteiger partial charge in [0.1, 0.15) is 24.3 Å². The Morgan fingerprint density at radius 2 is 1.90 bits per heavy atom. The second-order valence-electron chi connectivity index (χ2n) is 5.91. The van der Waals surface area contributed by atoms with Gasteiger partial charge >= 0.3 is 5.97 Å². The molecule has 2 rings (SSSR count). The van der Waals surface area contributed by atoms with Gasteiger partial charge in [-0.25, -0.2) is 4.79 Å². The molecule has 0 bridgehead atoms. The molecule has 5 nitrogen and oxygen atoms in total. The number of carboxylic acids is 1. The van der Waals surface area contributed by atoms with E-state index in [1.807, 2.05) is 26.0 Å². The molecule has 0 aliphatic carbocycles. The molecule has 21 heavy (non-hydrogen) atoms. The third-order valence-corrected chi connectivity index (χ3v) is 3.95. The van der Waals surface area contributed by atoms with Crippen LogP contribution < -0.4 is 10.1 Å². The third kappa shape index (κ3) is 3.01. The normalized spacial score (nSPS) is 18.0. The smallest absolute Gasteiger partial charge is 0.326 e. The second kappa shape index (κ2) is 5.76. The number of carbonyl (C=O) groups is 2. The van der Waals surface area contributed by atoms with Crippen LogP contribution in [0.1, 0.15) is 36.5 Å². The van der Waals surface area contributed by atoms with E-state index in [0.717, 1.165) is 22.4 Å². The van der Waals surface area contributed by atoms with Gasteiger partial charge in [-0.2, -0.15) is 0 Å². The summed E-state index contributed by atoms with van der Waals surface area (Å²) in [5.41, 5.74) is 3.04. The molecular formula is C16H21NO4. The lowest BCUT2D eigenvalue weighted by Crippen LogP contribution is -2.46. The molecule has 1 aromatic rings. The summed E-state index contributed by atoms with van der Waals surface area (Å²) in [6.07, 6.45) is 0. The molecule has 1 unspecified atom stereocenters. The number of carbonyl (C=O) groups excluding carboxylic acids is 1. The van der Waals surface area contributed by atoms with Gasteiger partial charge in [-0.05, 0) is 37.0 Å². The van der Waals surface area contributed by atoms with Crippen molar-refractivity contribution in [1.29, 1.82) is 0 Å². The summed E-state index contributed by atoms with van der Waals surface area (Å²) in [6.45, 7) is 7.77. The maximum absolute atomic E-state index is 12.4. The van der Waals surface area contributed by atoms with Gasteiger partial charge in [-0.3, -0.25) is 4.79 Å². The van der Waals surface area contributed by atoms with Gasteiger partial charge in [0.2, 0.25) is 5.91 Å². The molecule has 0 saturated heterocycles. The topological polar surface area (TPSA) is 75.6 Å². The third-order valence-electron chi connectivity index (χ3n) is 3.95. The highest BCUT2D eigenvalue weighted by molar-refractivity contribution is 5.89. The Labute approximate surface area is 124 Å². The quantitative estimate of drug-likeness (QED) is 0.889. The minimum Gasteiger partial charge on any atom is -0.492 e. The minimum absolute atomic E-state index is 0.173.